The minimum absolute atomic E-state index is 0.743. The number of hydrogen-bond acceptors (Lipinski definition) is 3. The van der Waals surface area contributed by atoms with E-state index >= 15 is 0 Å². The molecule has 142 valence electrons. The van der Waals surface area contributed by atoms with Crippen molar-refractivity contribution < 1.29 is 9.47 Å². The molecule has 0 amide bonds. The van der Waals surface area contributed by atoms with Crippen LogP contribution in [0.3, 0.4) is 0 Å². The number of rotatable bonds is 7. The molecule has 4 rings (SSSR count). The number of imidazole rings is 1. The van der Waals surface area contributed by atoms with Crippen molar-refractivity contribution in [2.24, 2.45) is 0 Å². The third-order valence-corrected chi connectivity index (χ3v) is 4.74. The van der Waals surface area contributed by atoms with E-state index in [0.29, 0.717) is 0 Å². The van der Waals surface area contributed by atoms with Crippen LogP contribution in [-0.4, -0.2) is 23.3 Å². The molecule has 0 aliphatic rings. The number of ether oxygens (including phenoxy) is 2. The van der Waals surface area contributed by atoms with Gasteiger partial charge >= 0.3 is 0 Å². The van der Waals surface area contributed by atoms with Gasteiger partial charge in [-0.05, 0) is 60.5 Å². The molecule has 0 N–H and O–H groups in total. The molecule has 3 aromatic carbocycles. The van der Waals surface area contributed by atoms with Crippen molar-refractivity contribution in [2.75, 3.05) is 13.7 Å². The first kappa shape index (κ1) is 18.1. The molecule has 0 saturated heterocycles. The van der Waals surface area contributed by atoms with Crippen LogP contribution in [0, 0.1) is 0 Å². The Hall–Kier alpha value is -3.27. The third kappa shape index (κ3) is 3.72. The van der Waals surface area contributed by atoms with E-state index in [1.54, 1.807) is 7.11 Å². The summed E-state index contributed by atoms with van der Waals surface area (Å²) < 4.78 is 13.3. The zero-order chi connectivity index (χ0) is 19.3. The van der Waals surface area contributed by atoms with Crippen LogP contribution in [0.5, 0.6) is 11.5 Å². The Kier molecular flexibility index (Phi) is 5.29. The summed E-state index contributed by atoms with van der Waals surface area (Å²) >= 11 is 0. The molecule has 0 unspecified atom stereocenters. The highest BCUT2D eigenvalue weighted by molar-refractivity contribution is 5.80. The molecule has 0 aliphatic carbocycles. The highest BCUT2D eigenvalue weighted by Gasteiger charge is 2.13. The van der Waals surface area contributed by atoms with E-state index in [1.807, 2.05) is 30.3 Å². The first-order valence-electron chi connectivity index (χ1n) is 9.60. The molecule has 0 fully saturated rings. The summed E-state index contributed by atoms with van der Waals surface area (Å²) in [5, 5.41) is 0. The lowest BCUT2D eigenvalue weighted by Gasteiger charge is -2.11. The fourth-order valence-corrected chi connectivity index (χ4v) is 3.29. The van der Waals surface area contributed by atoms with Gasteiger partial charge in [0.15, 0.2) is 0 Å². The zero-order valence-corrected chi connectivity index (χ0v) is 16.3. The van der Waals surface area contributed by atoms with Crippen molar-refractivity contribution in [2.45, 2.75) is 19.9 Å². The molecule has 0 spiro atoms. The second-order valence-corrected chi connectivity index (χ2v) is 6.73. The van der Waals surface area contributed by atoms with E-state index in [2.05, 4.69) is 54.0 Å². The Morgan fingerprint density at radius 3 is 2.29 bits per heavy atom. The van der Waals surface area contributed by atoms with E-state index in [0.717, 1.165) is 53.5 Å². The minimum atomic E-state index is 0.743. The van der Waals surface area contributed by atoms with Crippen molar-refractivity contribution in [1.82, 2.24) is 9.55 Å². The molecule has 0 saturated carbocycles. The first-order valence-corrected chi connectivity index (χ1v) is 9.60. The van der Waals surface area contributed by atoms with E-state index < -0.39 is 0 Å². The molecular weight excluding hydrogens is 348 g/mol. The summed E-state index contributed by atoms with van der Waals surface area (Å²) in [5.41, 5.74) is 4.40. The maximum absolute atomic E-state index is 5.70. The van der Waals surface area contributed by atoms with Crippen LogP contribution in [0.25, 0.3) is 22.4 Å². The van der Waals surface area contributed by atoms with Gasteiger partial charge in [0, 0.05) is 12.1 Å². The summed E-state index contributed by atoms with van der Waals surface area (Å²) in [6.45, 7) is 3.60. The Bertz CT molecular complexity index is 1050. The lowest BCUT2D eigenvalue weighted by atomic mass is 10.1. The van der Waals surface area contributed by atoms with Crippen molar-refractivity contribution in [3.63, 3.8) is 0 Å². The molecule has 0 aliphatic heterocycles. The summed E-state index contributed by atoms with van der Waals surface area (Å²) in [7, 11) is 1.68. The lowest BCUT2D eigenvalue weighted by molar-refractivity contribution is 0.317. The summed E-state index contributed by atoms with van der Waals surface area (Å²) in [4.78, 5) is 4.89. The first-order chi connectivity index (χ1) is 13.8. The minimum Gasteiger partial charge on any atom is -0.497 e. The van der Waals surface area contributed by atoms with Crippen LogP contribution in [0.2, 0.25) is 0 Å². The number of aromatic nitrogens is 2. The van der Waals surface area contributed by atoms with Crippen LogP contribution in [0.15, 0.2) is 72.8 Å². The Labute approximate surface area is 165 Å². The highest BCUT2D eigenvalue weighted by atomic mass is 16.5. The molecule has 4 heteroatoms. The van der Waals surface area contributed by atoms with E-state index in [4.69, 9.17) is 14.5 Å². The van der Waals surface area contributed by atoms with Gasteiger partial charge in [-0.25, -0.2) is 4.98 Å². The fourth-order valence-electron chi connectivity index (χ4n) is 3.29. The maximum atomic E-state index is 5.70. The smallest absolute Gasteiger partial charge is 0.141 e. The van der Waals surface area contributed by atoms with Gasteiger partial charge in [-0.15, -0.1) is 0 Å². The number of hydrogen-bond donors (Lipinski definition) is 0. The summed E-state index contributed by atoms with van der Waals surface area (Å²) in [6, 6.07) is 24.6. The van der Waals surface area contributed by atoms with Crippen molar-refractivity contribution in [3.05, 3.63) is 78.4 Å². The fraction of sp³-hybridized carbons (Fsp3) is 0.208. The second kappa shape index (κ2) is 8.17. The summed E-state index contributed by atoms with van der Waals surface area (Å²) in [6.07, 6.45) is 1.01. The number of para-hydroxylation sites is 2. The zero-order valence-electron chi connectivity index (χ0n) is 16.3. The average molecular weight is 372 g/mol. The normalized spacial score (nSPS) is 10.9. The largest absolute Gasteiger partial charge is 0.497 e. The van der Waals surface area contributed by atoms with Crippen LogP contribution < -0.4 is 9.47 Å². The topological polar surface area (TPSA) is 36.3 Å². The van der Waals surface area contributed by atoms with Crippen LogP contribution in [0.4, 0.5) is 0 Å². The predicted octanol–water partition coefficient (Wildman–Crippen LogP) is 5.55. The van der Waals surface area contributed by atoms with E-state index in [1.165, 1.54) is 5.56 Å². The van der Waals surface area contributed by atoms with Crippen LogP contribution in [0.1, 0.15) is 18.9 Å². The Balaban J connectivity index is 1.70. The molecule has 1 aromatic heterocycles. The maximum Gasteiger partial charge on any atom is 0.141 e. The molecule has 0 atom stereocenters. The number of fused-ring (bicyclic) bond motifs is 1. The molecule has 0 radical (unpaired) electrons. The third-order valence-electron chi connectivity index (χ3n) is 4.74. The average Bonchev–Trinajstić information content (AvgIpc) is 3.12. The van der Waals surface area contributed by atoms with Crippen molar-refractivity contribution in [3.8, 4) is 22.9 Å². The van der Waals surface area contributed by atoms with Crippen LogP contribution in [-0.2, 0) is 6.54 Å². The second-order valence-electron chi connectivity index (χ2n) is 6.73. The molecular formula is C24H24N2O2. The quantitative estimate of drug-likeness (QED) is 0.427. The van der Waals surface area contributed by atoms with Crippen molar-refractivity contribution in [1.29, 1.82) is 0 Å². The molecule has 0 bridgehead atoms. The van der Waals surface area contributed by atoms with E-state index in [9.17, 15) is 0 Å². The molecule has 4 nitrogen and oxygen atoms in total. The van der Waals surface area contributed by atoms with E-state index in [-0.39, 0.29) is 0 Å². The summed E-state index contributed by atoms with van der Waals surface area (Å²) in [5.74, 6) is 2.71. The number of nitrogens with zero attached hydrogens (tertiary/aromatic N) is 2. The van der Waals surface area contributed by atoms with Gasteiger partial charge in [0.2, 0.25) is 0 Å². The number of benzene rings is 3. The number of methoxy groups -OCH3 is 1. The molecule has 28 heavy (non-hydrogen) atoms. The van der Waals surface area contributed by atoms with Gasteiger partial charge in [0.25, 0.3) is 0 Å². The van der Waals surface area contributed by atoms with Gasteiger partial charge in [-0.1, -0.05) is 31.2 Å². The standard InChI is InChI=1S/C24H24N2O2/c1-3-16-28-21-12-8-18(9-13-21)17-26-23-7-5-4-6-22(23)25-24(26)19-10-14-20(27-2)15-11-19/h4-15H,3,16-17H2,1-2H3. The van der Waals surface area contributed by atoms with Crippen molar-refractivity contribution >= 4 is 11.0 Å². The van der Waals surface area contributed by atoms with Crippen LogP contribution >= 0.6 is 0 Å². The highest BCUT2D eigenvalue weighted by Crippen LogP contribution is 2.27. The SMILES string of the molecule is CCCOc1ccc(Cn2c(-c3ccc(OC)cc3)nc3ccccc32)cc1. The Morgan fingerprint density at radius 2 is 1.57 bits per heavy atom. The Morgan fingerprint density at radius 1 is 0.857 bits per heavy atom. The van der Waals surface area contributed by atoms with Gasteiger partial charge in [0.1, 0.15) is 17.3 Å². The van der Waals surface area contributed by atoms with Gasteiger partial charge in [-0.3, -0.25) is 0 Å². The lowest BCUT2D eigenvalue weighted by Crippen LogP contribution is -2.02. The molecule has 1 heterocycles. The van der Waals surface area contributed by atoms with Gasteiger partial charge < -0.3 is 14.0 Å². The van der Waals surface area contributed by atoms with Gasteiger partial charge in [-0.2, -0.15) is 0 Å². The van der Waals surface area contributed by atoms with Gasteiger partial charge in [0.05, 0.1) is 24.8 Å². The monoisotopic (exact) mass is 372 g/mol. The molecule has 4 aromatic rings. The predicted molar refractivity (Wildman–Crippen MR) is 113 cm³/mol.